The summed E-state index contributed by atoms with van der Waals surface area (Å²) in [4.78, 5) is 17.6. The molecule has 0 saturated heterocycles. The Hall–Kier alpha value is -1.36. The van der Waals surface area contributed by atoms with Crippen molar-refractivity contribution >= 4 is 12.0 Å². The number of hydrogen-bond acceptors (Lipinski definition) is 5. The Bertz CT molecular complexity index is 764. The number of methoxy groups -OCH3 is 1. The lowest BCUT2D eigenvalue weighted by molar-refractivity contribution is -0.136. The zero-order valence-corrected chi connectivity index (χ0v) is 21.4. The molecule has 0 aliphatic heterocycles. The average Bonchev–Trinajstić information content (AvgIpc) is 3.16. The normalized spacial score (nSPS) is 43.1. The van der Waals surface area contributed by atoms with E-state index in [1.54, 1.807) is 6.21 Å². The smallest absolute Gasteiger partial charge is 0.157 e. The van der Waals surface area contributed by atoms with E-state index in [0.29, 0.717) is 29.5 Å². The van der Waals surface area contributed by atoms with Crippen LogP contribution in [0.1, 0.15) is 78.6 Å². The highest BCUT2D eigenvalue weighted by molar-refractivity contribution is 5.86. The molecule has 33 heavy (non-hydrogen) atoms. The van der Waals surface area contributed by atoms with Crippen LogP contribution in [0.5, 0.6) is 0 Å². The minimum Gasteiger partial charge on any atom is -0.491 e. The van der Waals surface area contributed by atoms with E-state index in [9.17, 15) is 4.79 Å². The number of nitrogens with zero attached hydrogens (tertiary/aromatic N) is 1. The second kappa shape index (κ2) is 10.1. The molecule has 0 spiro atoms. The fraction of sp³-hybridized carbons (Fsp3) is 0.857. The Balaban J connectivity index is 1.43. The third-order valence-corrected chi connectivity index (χ3v) is 10.5. The Morgan fingerprint density at radius 3 is 2.55 bits per heavy atom. The van der Waals surface area contributed by atoms with Crippen molar-refractivity contribution in [3.8, 4) is 0 Å². The van der Waals surface area contributed by atoms with Crippen LogP contribution in [0, 0.1) is 46.3 Å². The van der Waals surface area contributed by atoms with Gasteiger partial charge in [0.2, 0.25) is 0 Å². The van der Waals surface area contributed by atoms with Crippen LogP contribution in [0.2, 0.25) is 0 Å². The second-order valence-electron chi connectivity index (χ2n) is 11.9. The summed E-state index contributed by atoms with van der Waals surface area (Å²) in [6, 6.07) is 0. The van der Waals surface area contributed by atoms with Gasteiger partial charge >= 0.3 is 0 Å². The van der Waals surface area contributed by atoms with Crippen molar-refractivity contribution < 1.29 is 14.3 Å². The Kier molecular flexibility index (Phi) is 7.57. The van der Waals surface area contributed by atoms with Gasteiger partial charge in [-0.1, -0.05) is 13.8 Å². The number of rotatable bonds is 8. The molecule has 0 bridgehead atoms. The standard InChI is InChI=1S/C28H46N2O3/c1-5-33-21(15-29)16-30-17-26(31)25-9-8-23-22-7-6-20-14-19(18-32-4)10-12-27(20,2)24(22)11-13-28(23,25)3/h15-16,19-20,22-25H,5-14,17-18,29H2,1-4H3. The van der Waals surface area contributed by atoms with Crippen LogP contribution in [0.4, 0.5) is 0 Å². The lowest BCUT2D eigenvalue weighted by Gasteiger charge is -2.61. The summed E-state index contributed by atoms with van der Waals surface area (Å²) in [5.74, 6) is 4.95. The van der Waals surface area contributed by atoms with Crippen molar-refractivity contribution in [3.05, 3.63) is 12.0 Å². The Labute approximate surface area is 201 Å². The second-order valence-corrected chi connectivity index (χ2v) is 11.9. The lowest BCUT2D eigenvalue weighted by Crippen LogP contribution is -2.54. The summed E-state index contributed by atoms with van der Waals surface area (Å²) >= 11 is 0. The van der Waals surface area contributed by atoms with Crippen molar-refractivity contribution in [1.82, 2.24) is 0 Å². The summed E-state index contributed by atoms with van der Waals surface area (Å²) in [6.45, 7) is 8.68. The van der Waals surface area contributed by atoms with Crippen LogP contribution < -0.4 is 5.73 Å². The molecule has 0 radical (unpaired) electrons. The van der Waals surface area contributed by atoms with Gasteiger partial charge in [0.25, 0.3) is 0 Å². The third kappa shape index (κ3) is 4.51. The predicted octanol–water partition coefficient (Wildman–Crippen LogP) is 5.38. The fourth-order valence-electron chi connectivity index (χ4n) is 8.89. The quantitative estimate of drug-likeness (QED) is 0.391. The molecule has 4 saturated carbocycles. The number of nitrogens with two attached hydrogens (primary N) is 1. The minimum atomic E-state index is 0.149. The number of allylic oxidation sites excluding steroid dienone is 1. The minimum absolute atomic E-state index is 0.149. The number of carbonyl (C=O) groups is 1. The first-order chi connectivity index (χ1) is 15.9. The highest BCUT2D eigenvalue weighted by Gasteiger charge is 2.61. The van der Waals surface area contributed by atoms with Gasteiger partial charge in [-0.15, -0.1) is 0 Å². The molecule has 8 unspecified atom stereocenters. The van der Waals surface area contributed by atoms with Crippen LogP contribution in [0.25, 0.3) is 0 Å². The fourth-order valence-corrected chi connectivity index (χ4v) is 8.89. The number of Topliss-reactive ketones (excluding diaryl/α,β-unsaturated/α-hetero) is 1. The van der Waals surface area contributed by atoms with E-state index < -0.39 is 0 Å². The molecule has 2 N–H and O–H groups in total. The molecule has 0 aromatic heterocycles. The number of hydrogen-bond donors (Lipinski definition) is 1. The number of aliphatic imine (C=N–C) groups is 1. The molecule has 5 nitrogen and oxygen atoms in total. The first kappa shape index (κ1) is 24.8. The predicted molar refractivity (Wildman–Crippen MR) is 133 cm³/mol. The molecule has 0 amide bonds. The summed E-state index contributed by atoms with van der Waals surface area (Å²) < 4.78 is 10.9. The van der Waals surface area contributed by atoms with Crippen molar-refractivity contribution in [2.75, 3.05) is 26.9 Å². The van der Waals surface area contributed by atoms with Crippen LogP contribution >= 0.6 is 0 Å². The SMILES string of the molecule is CCOC(C=NCC(=O)C1CCC2C3CCC4CC(COC)CCC4(C)C3CCC12C)=CN. The number of ether oxygens (including phenoxy) is 2. The zero-order chi connectivity index (χ0) is 23.6. The van der Waals surface area contributed by atoms with Gasteiger partial charge in [0.05, 0.1) is 19.4 Å². The van der Waals surface area contributed by atoms with Crippen LogP contribution in [0.15, 0.2) is 17.0 Å². The number of carbonyl (C=O) groups excluding carboxylic acids is 1. The van der Waals surface area contributed by atoms with E-state index in [-0.39, 0.29) is 17.9 Å². The van der Waals surface area contributed by atoms with E-state index in [2.05, 4.69) is 18.8 Å². The molecule has 186 valence electrons. The molecule has 4 fully saturated rings. The van der Waals surface area contributed by atoms with Gasteiger partial charge in [0, 0.05) is 25.8 Å². The molecule has 4 aliphatic rings. The van der Waals surface area contributed by atoms with Gasteiger partial charge in [0.1, 0.15) is 0 Å². The van der Waals surface area contributed by atoms with Crippen LogP contribution in [-0.2, 0) is 14.3 Å². The van der Waals surface area contributed by atoms with Crippen molar-refractivity contribution in [1.29, 1.82) is 0 Å². The largest absolute Gasteiger partial charge is 0.491 e. The zero-order valence-electron chi connectivity index (χ0n) is 21.4. The highest BCUT2D eigenvalue weighted by atomic mass is 16.5. The molecule has 4 rings (SSSR count). The van der Waals surface area contributed by atoms with Gasteiger partial charge in [-0.25, -0.2) is 0 Å². The number of ketones is 1. The van der Waals surface area contributed by atoms with E-state index in [1.807, 2.05) is 14.0 Å². The Morgan fingerprint density at radius 2 is 1.82 bits per heavy atom. The molecular weight excluding hydrogens is 412 g/mol. The average molecular weight is 459 g/mol. The van der Waals surface area contributed by atoms with Crippen LogP contribution in [0.3, 0.4) is 0 Å². The summed E-state index contributed by atoms with van der Waals surface area (Å²) in [6.07, 6.45) is 14.6. The molecular formula is C28H46N2O3. The van der Waals surface area contributed by atoms with Crippen molar-refractivity contribution in [2.45, 2.75) is 78.6 Å². The summed E-state index contributed by atoms with van der Waals surface area (Å²) in [5, 5.41) is 0. The third-order valence-electron chi connectivity index (χ3n) is 10.5. The number of fused-ring (bicyclic) bond motifs is 5. The molecule has 8 atom stereocenters. The molecule has 4 aliphatic carbocycles. The van der Waals surface area contributed by atoms with Gasteiger partial charge in [-0.3, -0.25) is 9.79 Å². The Morgan fingerprint density at radius 1 is 1.06 bits per heavy atom. The highest BCUT2D eigenvalue weighted by Crippen LogP contribution is 2.67. The van der Waals surface area contributed by atoms with Crippen molar-refractivity contribution in [3.63, 3.8) is 0 Å². The maximum absolute atomic E-state index is 13.3. The maximum atomic E-state index is 13.3. The van der Waals surface area contributed by atoms with Gasteiger partial charge in [-0.05, 0) is 105 Å². The van der Waals surface area contributed by atoms with Crippen LogP contribution in [-0.4, -0.2) is 38.9 Å². The molecule has 0 heterocycles. The van der Waals surface area contributed by atoms with Gasteiger partial charge < -0.3 is 15.2 Å². The van der Waals surface area contributed by atoms with E-state index in [1.165, 1.54) is 57.6 Å². The molecule has 5 heteroatoms. The van der Waals surface area contributed by atoms with E-state index in [4.69, 9.17) is 15.2 Å². The van der Waals surface area contributed by atoms with Gasteiger partial charge in [0.15, 0.2) is 11.5 Å². The first-order valence-corrected chi connectivity index (χ1v) is 13.4. The first-order valence-electron chi connectivity index (χ1n) is 13.4. The maximum Gasteiger partial charge on any atom is 0.157 e. The topological polar surface area (TPSA) is 73.9 Å². The van der Waals surface area contributed by atoms with E-state index >= 15 is 0 Å². The lowest BCUT2D eigenvalue weighted by atomic mass is 9.44. The summed E-state index contributed by atoms with van der Waals surface area (Å²) in [5.41, 5.74) is 6.22. The monoisotopic (exact) mass is 458 g/mol. The molecule has 0 aromatic carbocycles. The van der Waals surface area contributed by atoms with E-state index in [0.717, 1.165) is 36.7 Å². The van der Waals surface area contributed by atoms with Crippen molar-refractivity contribution in [2.24, 2.45) is 57.1 Å². The van der Waals surface area contributed by atoms with Gasteiger partial charge in [-0.2, -0.15) is 0 Å². The molecule has 0 aromatic rings. The summed E-state index contributed by atoms with van der Waals surface area (Å²) in [7, 11) is 1.85.